The van der Waals surface area contributed by atoms with Gasteiger partial charge in [-0.05, 0) is 6.42 Å². The van der Waals surface area contributed by atoms with Crippen molar-refractivity contribution in [3.05, 3.63) is 0 Å². The van der Waals surface area contributed by atoms with Crippen LogP contribution in [0.15, 0.2) is 0 Å². The summed E-state index contributed by atoms with van der Waals surface area (Å²) in [4.78, 5) is 9.77. The van der Waals surface area contributed by atoms with E-state index in [1.807, 2.05) is 0 Å². The van der Waals surface area contributed by atoms with Gasteiger partial charge in [-0.25, -0.2) is 0 Å². The van der Waals surface area contributed by atoms with Gasteiger partial charge >= 0.3 is 0 Å². The van der Waals surface area contributed by atoms with Gasteiger partial charge in [0.1, 0.15) is 6.29 Å². The van der Waals surface area contributed by atoms with Gasteiger partial charge in [-0.1, -0.05) is 29.5 Å². The Hall–Kier alpha value is 0.400. The van der Waals surface area contributed by atoms with E-state index in [1.165, 1.54) is 0 Å². The van der Waals surface area contributed by atoms with Crippen molar-refractivity contribution in [1.29, 1.82) is 0 Å². The summed E-state index contributed by atoms with van der Waals surface area (Å²) in [5, 5.41) is 0. The molecule has 0 aliphatic carbocycles. The van der Waals surface area contributed by atoms with Crippen LogP contribution in [-0.4, -0.2) is 10.2 Å². The second-order valence-corrected chi connectivity index (χ2v) is 3.17. The summed E-state index contributed by atoms with van der Waals surface area (Å²) < 4.78 is 0.551. The monoisotopic (exact) mass is 212 g/mol. The fourth-order valence-electron chi connectivity index (χ4n) is 0.271. The molecule has 0 aliphatic heterocycles. The molecule has 0 rings (SSSR count). The molecule has 1 nitrogen and oxygen atoms in total. The highest BCUT2D eigenvalue weighted by Crippen LogP contribution is 2.06. The Labute approximate surface area is 57.6 Å². The van der Waals surface area contributed by atoms with Crippen molar-refractivity contribution in [2.75, 3.05) is 0 Å². The van der Waals surface area contributed by atoms with Crippen molar-refractivity contribution in [2.24, 2.45) is 0 Å². The lowest BCUT2D eigenvalue weighted by atomic mass is 10.3. The van der Waals surface area contributed by atoms with Gasteiger partial charge in [-0.2, -0.15) is 0 Å². The van der Waals surface area contributed by atoms with E-state index in [1.54, 1.807) is 0 Å². The maximum atomic E-state index is 9.77. The van der Waals surface area contributed by atoms with Crippen molar-refractivity contribution in [3.63, 3.8) is 0 Å². The number of hydrogen-bond donors (Lipinski definition) is 0. The predicted molar refractivity (Wildman–Crippen MR) is 38.8 cm³/mol. The molecule has 0 aromatic heterocycles. The van der Waals surface area contributed by atoms with Crippen molar-refractivity contribution >= 4 is 28.9 Å². The molecule has 42 valence electrons. The first-order valence-electron chi connectivity index (χ1n) is 2.39. The van der Waals surface area contributed by atoms with Crippen LogP contribution >= 0.6 is 22.6 Å². The second-order valence-electron chi connectivity index (χ2n) is 1.41. The minimum atomic E-state index is 0.551. The summed E-state index contributed by atoms with van der Waals surface area (Å²) in [6.45, 7) is 2.08. The summed E-state index contributed by atoms with van der Waals surface area (Å²) >= 11 is 2.27. The van der Waals surface area contributed by atoms with Crippen LogP contribution in [0.2, 0.25) is 0 Å². The number of carbonyl (C=O) groups is 1. The van der Waals surface area contributed by atoms with Gasteiger partial charge in [0.15, 0.2) is 0 Å². The SMILES string of the molecule is CCC(I)CC=O. The number of aldehydes is 1. The zero-order valence-corrected chi connectivity index (χ0v) is 6.51. The van der Waals surface area contributed by atoms with E-state index in [-0.39, 0.29) is 0 Å². The van der Waals surface area contributed by atoms with Gasteiger partial charge in [-0.15, -0.1) is 0 Å². The lowest BCUT2D eigenvalue weighted by molar-refractivity contribution is -0.107. The van der Waals surface area contributed by atoms with Crippen molar-refractivity contribution in [2.45, 2.75) is 23.7 Å². The van der Waals surface area contributed by atoms with E-state index < -0.39 is 0 Å². The van der Waals surface area contributed by atoms with Gasteiger partial charge in [0.05, 0.1) is 0 Å². The Morgan fingerprint density at radius 3 is 2.57 bits per heavy atom. The third-order valence-electron chi connectivity index (χ3n) is 0.795. The van der Waals surface area contributed by atoms with E-state index in [4.69, 9.17) is 0 Å². The van der Waals surface area contributed by atoms with Crippen molar-refractivity contribution in [3.8, 4) is 0 Å². The van der Waals surface area contributed by atoms with Crippen LogP contribution in [0.3, 0.4) is 0 Å². The minimum absolute atomic E-state index is 0.551. The van der Waals surface area contributed by atoms with Crippen LogP contribution in [0, 0.1) is 0 Å². The van der Waals surface area contributed by atoms with Crippen LogP contribution in [0.4, 0.5) is 0 Å². The Kier molecular flexibility index (Phi) is 4.82. The van der Waals surface area contributed by atoms with E-state index in [9.17, 15) is 4.79 Å². The number of carbonyl (C=O) groups excluding carboxylic acids is 1. The first-order valence-corrected chi connectivity index (χ1v) is 3.63. The molecule has 0 saturated heterocycles. The van der Waals surface area contributed by atoms with E-state index >= 15 is 0 Å². The molecule has 0 radical (unpaired) electrons. The summed E-state index contributed by atoms with van der Waals surface area (Å²) in [7, 11) is 0. The first-order chi connectivity index (χ1) is 3.31. The smallest absolute Gasteiger partial charge is 0.121 e. The molecule has 0 aromatic carbocycles. The highest BCUT2D eigenvalue weighted by atomic mass is 127. The second kappa shape index (κ2) is 4.56. The topological polar surface area (TPSA) is 17.1 Å². The summed E-state index contributed by atoms with van der Waals surface area (Å²) in [6, 6.07) is 0. The molecular weight excluding hydrogens is 203 g/mol. The molecule has 0 spiro atoms. The maximum Gasteiger partial charge on any atom is 0.121 e. The maximum absolute atomic E-state index is 9.77. The van der Waals surface area contributed by atoms with Crippen molar-refractivity contribution in [1.82, 2.24) is 0 Å². The van der Waals surface area contributed by atoms with Crippen LogP contribution < -0.4 is 0 Å². The summed E-state index contributed by atoms with van der Waals surface area (Å²) in [6.07, 6.45) is 2.77. The highest BCUT2D eigenvalue weighted by Gasteiger charge is 1.95. The quantitative estimate of drug-likeness (QED) is 0.396. The molecule has 0 aliphatic rings. The zero-order valence-electron chi connectivity index (χ0n) is 4.36. The Morgan fingerprint density at radius 1 is 1.86 bits per heavy atom. The van der Waals surface area contributed by atoms with Gasteiger partial charge in [0.2, 0.25) is 0 Å². The molecule has 0 fully saturated rings. The number of rotatable bonds is 3. The number of hydrogen-bond acceptors (Lipinski definition) is 1. The average Bonchev–Trinajstić information content (AvgIpc) is 1.68. The third kappa shape index (κ3) is 4.25. The lowest BCUT2D eigenvalue weighted by Crippen LogP contribution is -1.93. The Bertz CT molecular complexity index is 54.0. The van der Waals surface area contributed by atoms with Crippen LogP contribution in [0.1, 0.15) is 19.8 Å². The Morgan fingerprint density at radius 2 is 2.43 bits per heavy atom. The van der Waals surface area contributed by atoms with Crippen LogP contribution in [-0.2, 0) is 4.79 Å². The van der Waals surface area contributed by atoms with E-state index in [2.05, 4.69) is 29.5 Å². The normalized spacial score (nSPS) is 13.4. The molecule has 7 heavy (non-hydrogen) atoms. The molecule has 2 heteroatoms. The first kappa shape index (κ1) is 7.40. The lowest BCUT2D eigenvalue weighted by Gasteiger charge is -1.95. The van der Waals surface area contributed by atoms with E-state index in [0.29, 0.717) is 10.3 Å². The molecule has 1 unspecified atom stereocenters. The fraction of sp³-hybridized carbons (Fsp3) is 0.800. The van der Waals surface area contributed by atoms with Gasteiger partial charge < -0.3 is 4.79 Å². The standard InChI is InChI=1S/C5H9IO/c1-2-5(6)3-4-7/h4-5H,2-3H2,1H3. The highest BCUT2D eigenvalue weighted by molar-refractivity contribution is 14.1. The molecule has 0 amide bonds. The van der Waals surface area contributed by atoms with Gasteiger partial charge in [-0.3, -0.25) is 0 Å². The molecule has 0 bridgehead atoms. The molecule has 0 aromatic rings. The van der Waals surface area contributed by atoms with Crippen LogP contribution in [0.5, 0.6) is 0 Å². The summed E-state index contributed by atoms with van der Waals surface area (Å²) in [5.41, 5.74) is 0. The molecular formula is C5H9IO. The van der Waals surface area contributed by atoms with Gasteiger partial charge in [0.25, 0.3) is 0 Å². The fourth-order valence-corrected chi connectivity index (χ4v) is 0.479. The molecule has 0 saturated carbocycles. The third-order valence-corrected chi connectivity index (χ3v) is 2.18. The zero-order chi connectivity index (χ0) is 5.70. The average molecular weight is 212 g/mol. The molecule has 0 N–H and O–H groups in total. The summed E-state index contributed by atoms with van der Waals surface area (Å²) in [5.74, 6) is 0. The minimum Gasteiger partial charge on any atom is -0.303 e. The molecule has 1 atom stereocenters. The molecule has 0 heterocycles. The Balaban J connectivity index is 2.98. The van der Waals surface area contributed by atoms with E-state index in [0.717, 1.165) is 12.7 Å². The van der Waals surface area contributed by atoms with Crippen molar-refractivity contribution < 1.29 is 4.79 Å². The van der Waals surface area contributed by atoms with Crippen LogP contribution in [0.25, 0.3) is 0 Å². The van der Waals surface area contributed by atoms with Gasteiger partial charge in [0, 0.05) is 10.3 Å². The number of alkyl halides is 1. The largest absolute Gasteiger partial charge is 0.303 e. The predicted octanol–water partition coefficient (Wildman–Crippen LogP) is 1.79. The number of halogens is 1.